The fourth-order valence-corrected chi connectivity index (χ4v) is 10.1. The van der Waals surface area contributed by atoms with Gasteiger partial charge in [-0.2, -0.15) is 11.8 Å². The van der Waals surface area contributed by atoms with Crippen molar-refractivity contribution in [1.82, 2.24) is 0 Å². The average molecular weight is 437 g/mol. The number of thioether (sulfide) groups is 1. The molecule has 0 aromatic rings. The van der Waals surface area contributed by atoms with Crippen LogP contribution in [0.15, 0.2) is 0 Å². The molecule has 1 aliphatic heterocycles. The topological polar surface area (TPSA) is 91.3 Å². The average Bonchev–Trinajstić information content (AvgIpc) is 2.89. The third-order valence-corrected chi connectivity index (χ3v) is 11.1. The van der Waals surface area contributed by atoms with Crippen molar-refractivity contribution in [2.75, 3.05) is 34.5 Å². The SMILES string of the molecule is CC1(C)C2CCC1(CS(=O)(=O)[O-])C(=O)C2.CCCC(=O)C[S+]1CCSCC1. The van der Waals surface area contributed by atoms with Gasteiger partial charge in [0.15, 0.2) is 11.5 Å². The minimum absolute atomic E-state index is 0.0248. The van der Waals surface area contributed by atoms with Gasteiger partial charge in [-0.1, -0.05) is 20.8 Å². The number of carbonyl (C=O) groups is 2. The maximum absolute atomic E-state index is 11.8. The summed E-state index contributed by atoms with van der Waals surface area (Å²) < 4.78 is 32.7. The highest BCUT2D eigenvalue weighted by atomic mass is 32.2. The van der Waals surface area contributed by atoms with Gasteiger partial charge in [-0.25, -0.2) is 8.42 Å². The van der Waals surface area contributed by atoms with Crippen molar-refractivity contribution in [3.8, 4) is 0 Å². The minimum Gasteiger partial charge on any atom is -0.748 e. The van der Waals surface area contributed by atoms with Gasteiger partial charge in [-0.15, -0.1) is 0 Å². The Morgan fingerprint density at radius 3 is 2.37 bits per heavy atom. The van der Waals surface area contributed by atoms with Gasteiger partial charge < -0.3 is 4.55 Å². The second kappa shape index (κ2) is 9.18. The number of ketones is 2. The Bertz CT molecular complexity index is 652. The number of fused-ring (bicyclic) bond motifs is 2. The van der Waals surface area contributed by atoms with Crippen LogP contribution in [0.4, 0.5) is 0 Å². The fourth-order valence-electron chi connectivity index (χ4n) is 4.69. The second-order valence-electron chi connectivity index (χ2n) is 8.43. The van der Waals surface area contributed by atoms with Crippen LogP contribution in [0.3, 0.4) is 0 Å². The van der Waals surface area contributed by atoms with Crippen molar-refractivity contribution in [1.29, 1.82) is 0 Å². The molecule has 3 rings (SSSR count). The molecule has 0 amide bonds. The summed E-state index contributed by atoms with van der Waals surface area (Å²) in [5, 5.41) is 0. The Morgan fingerprint density at radius 1 is 1.30 bits per heavy atom. The highest BCUT2D eigenvalue weighted by Gasteiger charge is 2.64. The van der Waals surface area contributed by atoms with Crippen LogP contribution in [0, 0.1) is 16.7 Å². The predicted molar refractivity (Wildman–Crippen MR) is 112 cm³/mol. The van der Waals surface area contributed by atoms with Gasteiger partial charge in [0, 0.05) is 29.8 Å². The Balaban J connectivity index is 0.000000199. The molecule has 2 aliphatic carbocycles. The maximum atomic E-state index is 11.8. The zero-order valence-corrected chi connectivity index (χ0v) is 19.1. The summed E-state index contributed by atoms with van der Waals surface area (Å²) in [7, 11) is -3.87. The van der Waals surface area contributed by atoms with E-state index in [1.54, 1.807) is 0 Å². The predicted octanol–water partition coefficient (Wildman–Crippen LogP) is 2.65. The molecule has 0 N–H and O–H groups in total. The van der Waals surface area contributed by atoms with E-state index in [4.69, 9.17) is 0 Å². The number of carbonyl (C=O) groups excluding carboxylic acids is 2. The first-order chi connectivity index (χ1) is 12.5. The minimum atomic E-state index is -4.33. The van der Waals surface area contributed by atoms with Crippen molar-refractivity contribution in [3.63, 3.8) is 0 Å². The molecular weight excluding hydrogens is 404 g/mol. The van der Waals surface area contributed by atoms with Crippen LogP contribution in [0.2, 0.25) is 0 Å². The number of rotatable bonds is 6. The first kappa shape index (κ1) is 23.2. The van der Waals surface area contributed by atoms with Crippen molar-refractivity contribution in [2.24, 2.45) is 16.7 Å². The molecular formula is C19H32O5S3. The lowest BCUT2D eigenvalue weighted by atomic mass is 9.70. The molecule has 0 radical (unpaired) electrons. The van der Waals surface area contributed by atoms with E-state index >= 15 is 0 Å². The zero-order chi connectivity index (χ0) is 20.3. The van der Waals surface area contributed by atoms with Gasteiger partial charge in [-0.05, 0) is 41.5 Å². The molecule has 2 atom stereocenters. The lowest BCUT2D eigenvalue weighted by Gasteiger charge is -2.37. The molecule has 1 heterocycles. The largest absolute Gasteiger partial charge is 0.748 e. The lowest BCUT2D eigenvalue weighted by molar-refractivity contribution is -0.128. The molecule has 2 saturated carbocycles. The van der Waals surface area contributed by atoms with Crippen LogP contribution < -0.4 is 0 Å². The maximum Gasteiger partial charge on any atom is 0.181 e. The van der Waals surface area contributed by atoms with Crippen molar-refractivity contribution >= 4 is 44.3 Å². The van der Waals surface area contributed by atoms with E-state index in [1.165, 1.54) is 23.0 Å². The Kier molecular flexibility index (Phi) is 7.90. The number of hydrogen-bond donors (Lipinski definition) is 0. The molecule has 27 heavy (non-hydrogen) atoms. The van der Waals surface area contributed by atoms with Crippen LogP contribution in [-0.4, -0.2) is 59.1 Å². The summed E-state index contributed by atoms with van der Waals surface area (Å²) in [4.78, 5) is 23.2. The first-order valence-electron chi connectivity index (χ1n) is 9.72. The second-order valence-corrected chi connectivity index (χ2v) is 13.4. The number of hydrogen-bond acceptors (Lipinski definition) is 6. The van der Waals surface area contributed by atoms with Crippen molar-refractivity contribution < 1.29 is 22.6 Å². The quantitative estimate of drug-likeness (QED) is 0.469. The van der Waals surface area contributed by atoms with Crippen molar-refractivity contribution in [2.45, 2.75) is 52.9 Å². The van der Waals surface area contributed by atoms with Crippen molar-refractivity contribution in [3.05, 3.63) is 0 Å². The summed E-state index contributed by atoms with van der Waals surface area (Å²) in [6.07, 6.45) is 3.70. The van der Waals surface area contributed by atoms with E-state index < -0.39 is 21.3 Å². The molecule has 156 valence electrons. The molecule has 3 aliphatic rings. The normalized spacial score (nSPS) is 30.1. The van der Waals surface area contributed by atoms with Gasteiger partial charge in [0.25, 0.3) is 0 Å². The molecule has 3 fully saturated rings. The molecule has 1 saturated heterocycles. The third-order valence-electron chi connectivity index (χ3n) is 6.49. The first-order valence-corrected chi connectivity index (χ1v) is 14.2. The lowest BCUT2D eigenvalue weighted by Crippen LogP contribution is -2.42. The zero-order valence-electron chi connectivity index (χ0n) is 16.6. The highest BCUT2D eigenvalue weighted by molar-refractivity contribution is 8.05. The molecule has 2 unspecified atom stereocenters. The van der Waals surface area contributed by atoms with Crippen LogP contribution in [0.5, 0.6) is 0 Å². The summed E-state index contributed by atoms with van der Waals surface area (Å²) in [5.41, 5.74) is -1.22. The van der Waals surface area contributed by atoms with Gasteiger partial charge >= 0.3 is 0 Å². The third kappa shape index (κ3) is 5.52. The van der Waals surface area contributed by atoms with Gasteiger partial charge in [0.1, 0.15) is 17.3 Å². The van der Waals surface area contributed by atoms with Crippen LogP contribution in [0.1, 0.15) is 52.9 Å². The Labute approximate surface area is 170 Å². The Hall–Kier alpha value is -0.0500. The standard InChI is InChI=1S/C10H16O4S.C9H17OS2/c1-9(2)7-3-4-10(9,8(11)5-7)6-15(12,13)14;1-2-3-9(10)8-12-6-4-11-5-7-12/h7H,3-6H2,1-2H3,(H,12,13,14);2-8H2,1H3/q;+1/p-1. The van der Waals surface area contributed by atoms with Gasteiger partial charge in [-0.3, -0.25) is 9.59 Å². The van der Waals surface area contributed by atoms with Gasteiger partial charge in [0.2, 0.25) is 0 Å². The summed E-state index contributed by atoms with van der Waals surface area (Å²) in [6.45, 7) is 5.92. The van der Waals surface area contributed by atoms with E-state index in [9.17, 15) is 22.6 Å². The van der Waals surface area contributed by atoms with E-state index in [0.29, 0.717) is 29.5 Å². The fraction of sp³-hybridized carbons (Fsp3) is 0.895. The Morgan fingerprint density at radius 2 is 1.93 bits per heavy atom. The van der Waals surface area contributed by atoms with Crippen LogP contribution >= 0.6 is 11.8 Å². The summed E-state index contributed by atoms with van der Waals surface area (Å²) >= 11 is 2.03. The highest BCUT2D eigenvalue weighted by Crippen LogP contribution is 2.64. The molecule has 2 bridgehead atoms. The molecule has 0 aromatic carbocycles. The van der Waals surface area contributed by atoms with Crippen LogP contribution in [0.25, 0.3) is 0 Å². The molecule has 0 spiro atoms. The monoisotopic (exact) mass is 436 g/mol. The van der Waals surface area contributed by atoms with E-state index in [0.717, 1.165) is 25.0 Å². The van der Waals surface area contributed by atoms with E-state index in [-0.39, 0.29) is 17.1 Å². The van der Waals surface area contributed by atoms with Gasteiger partial charge in [0.05, 0.1) is 15.9 Å². The van der Waals surface area contributed by atoms with Crippen LogP contribution in [-0.2, 0) is 30.6 Å². The smallest absolute Gasteiger partial charge is 0.181 e. The number of Topliss-reactive ketones (excluding diaryl/α,β-unsaturated/α-hetero) is 2. The summed E-state index contributed by atoms with van der Waals surface area (Å²) in [5.74, 6) is 6.24. The molecule has 5 nitrogen and oxygen atoms in total. The molecule has 8 heteroatoms. The molecule has 0 aromatic heterocycles. The van der Waals surface area contributed by atoms with E-state index in [2.05, 4.69) is 6.92 Å². The summed E-state index contributed by atoms with van der Waals surface area (Å²) in [6, 6.07) is 0. The van der Waals surface area contributed by atoms with E-state index in [1.807, 2.05) is 25.6 Å².